The van der Waals surface area contributed by atoms with E-state index in [9.17, 15) is 4.79 Å². The average molecular weight is 357 g/mol. The fourth-order valence-corrected chi connectivity index (χ4v) is 3.04. The number of fused-ring (bicyclic) bond motifs is 1. The molecule has 27 heavy (non-hydrogen) atoms. The van der Waals surface area contributed by atoms with Crippen LogP contribution in [0.15, 0.2) is 73.1 Å². The molecule has 2 heterocycles. The van der Waals surface area contributed by atoms with Crippen LogP contribution in [0, 0.1) is 6.92 Å². The van der Waals surface area contributed by atoms with E-state index in [1.54, 1.807) is 19.2 Å². The lowest BCUT2D eigenvalue weighted by Gasteiger charge is -2.11. The summed E-state index contributed by atoms with van der Waals surface area (Å²) in [5.41, 5.74) is 4.96. The summed E-state index contributed by atoms with van der Waals surface area (Å²) in [6, 6.07) is 18.8. The van der Waals surface area contributed by atoms with Crippen LogP contribution in [0.4, 0.5) is 5.69 Å². The van der Waals surface area contributed by atoms with Crippen molar-refractivity contribution in [1.29, 1.82) is 0 Å². The van der Waals surface area contributed by atoms with Gasteiger partial charge in [0.25, 0.3) is 5.91 Å². The fourth-order valence-electron chi connectivity index (χ4n) is 3.04. The van der Waals surface area contributed by atoms with Gasteiger partial charge in [-0.15, -0.1) is 0 Å². The number of nitrogens with one attached hydrogen (secondary N) is 1. The smallest absolute Gasteiger partial charge is 0.255 e. The molecule has 0 radical (unpaired) electrons. The minimum Gasteiger partial charge on any atom is -0.495 e. The van der Waals surface area contributed by atoms with Crippen molar-refractivity contribution in [2.45, 2.75) is 6.92 Å². The summed E-state index contributed by atoms with van der Waals surface area (Å²) >= 11 is 0. The van der Waals surface area contributed by atoms with Gasteiger partial charge in [0.1, 0.15) is 11.4 Å². The van der Waals surface area contributed by atoms with Crippen molar-refractivity contribution in [3.8, 4) is 17.0 Å². The zero-order chi connectivity index (χ0) is 18.8. The normalized spacial score (nSPS) is 10.7. The molecule has 5 heteroatoms. The number of amides is 1. The number of pyridine rings is 1. The summed E-state index contributed by atoms with van der Waals surface area (Å²) in [6.45, 7) is 2.03. The third kappa shape index (κ3) is 3.27. The van der Waals surface area contributed by atoms with Crippen molar-refractivity contribution in [1.82, 2.24) is 9.38 Å². The Bertz CT molecular complexity index is 1120. The Morgan fingerprint density at radius 2 is 1.89 bits per heavy atom. The second-order valence-corrected chi connectivity index (χ2v) is 6.28. The lowest BCUT2D eigenvalue weighted by molar-refractivity contribution is 0.102. The first kappa shape index (κ1) is 16.8. The van der Waals surface area contributed by atoms with E-state index < -0.39 is 0 Å². The largest absolute Gasteiger partial charge is 0.495 e. The van der Waals surface area contributed by atoms with Crippen LogP contribution in [0.3, 0.4) is 0 Å². The molecule has 4 rings (SSSR count). The molecule has 0 saturated heterocycles. The maximum atomic E-state index is 12.5. The van der Waals surface area contributed by atoms with Gasteiger partial charge in [0.15, 0.2) is 0 Å². The molecule has 134 valence electrons. The Morgan fingerprint density at radius 3 is 2.63 bits per heavy atom. The summed E-state index contributed by atoms with van der Waals surface area (Å²) in [5, 5.41) is 2.93. The number of nitrogens with zero attached hydrogens (tertiary/aromatic N) is 2. The quantitative estimate of drug-likeness (QED) is 0.582. The monoisotopic (exact) mass is 357 g/mol. The SMILES string of the molecule is COc1ccc(-c2cn3cccc(C)c3n2)cc1NC(=O)c1ccccc1. The highest BCUT2D eigenvalue weighted by Gasteiger charge is 2.13. The summed E-state index contributed by atoms with van der Waals surface area (Å²) in [4.78, 5) is 17.3. The number of hydrogen-bond acceptors (Lipinski definition) is 3. The maximum Gasteiger partial charge on any atom is 0.255 e. The van der Waals surface area contributed by atoms with E-state index in [4.69, 9.17) is 9.72 Å². The summed E-state index contributed by atoms with van der Waals surface area (Å²) < 4.78 is 7.41. The highest BCUT2D eigenvalue weighted by molar-refractivity contribution is 6.05. The Hall–Kier alpha value is -3.60. The Balaban J connectivity index is 1.71. The van der Waals surface area contributed by atoms with Crippen LogP contribution >= 0.6 is 0 Å². The number of benzene rings is 2. The highest BCUT2D eigenvalue weighted by atomic mass is 16.5. The van der Waals surface area contributed by atoms with Gasteiger partial charge in [0.05, 0.1) is 18.5 Å². The fraction of sp³-hybridized carbons (Fsp3) is 0.0909. The van der Waals surface area contributed by atoms with Crippen LogP contribution in [0.1, 0.15) is 15.9 Å². The molecule has 0 aliphatic rings. The summed E-state index contributed by atoms with van der Waals surface area (Å²) in [6.07, 6.45) is 3.95. The highest BCUT2D eigenvalue weighted by Crippen LogP contribution is 2.31. The topological polar surface area (TPSA) is 55.6 Å². The number of rotatable bonds is 4. The van der Waals surface area contributed by atoms with Gasteiger partial charge < -0.3 is 14.5 Å². The minimum atomic E-state index is -0.183. The molecule has 0 fully saturated rings. The van der Waals surface area contributed by atoms with Gasteiger partial charge in [0, 0.05) is 23.5 Å². The van der Waals surface area contributed by atoms with Gasteiger partial charge in [-0.1, -0.05) is 24.3 Å². The Morgan fingerprint density at radius 1 is 1.07 bits per heavy atom. The van der Waals surface area contributed by atoms with E-state index in [1.165, 1.54) is 0 Å². The number of aromatic nitrogens is 2. The molecule has 2 aromatic heterocycles. The predicted molar refractivity (Wildman–Crippen MR) is 106 cm³/mol. The van der Waals surface area contributed by atoms with Crippen molar-refractivity contribution in [2.75, 3.05) is 12.4 Å². The first-order chi connectivity index (χ1) is 13.2. The summed E-state index contributed by atoms with van der Waals surface area (Å²) in [5.74, 6) is 0.417. The minimum absolute atomic E-state index is 0.183. The van der Waals surface area contributed by atoms with Crippen molar-refractivity contribution in [3.63, 3.8) is 0 Å². The second kappa shape index (κ2) is 6.96. The number of carbonyl (C=O) groups is 1. The van der Waals surface area contributed by atoms with Gasteiger partial charge in [-0.25, -0.2) is 4.98 Å². The molecule has 0 unspecified atom stereocenters. The van der Waals surface area contributed by atoms with E-state index in [0.29, 0.717) is 17.0 Å². The number of imidazole rings is 1. The third-order valence-corrected chi connectivity index (χ3v) is 4.46. The number of anilines is 1. The van der Waals surface area contributed by atoms with Crippen LogP contribution in [0.25, 0.3) is 16.9 Å². The molecule has 1 N–H and O–H groups in total. The molecule has 0 aliphatic carbocycles. The first-order valence-electron chi connectivity index (χ1n) is 8.65. The molecule has 1 amide bonds. The molecule has 0 saturated carbocycles. The van der Waals surface area contributed by atoms with Crippen molar-refractivity contribution in [3.05, 3.63) is 84.2 Å². The molecule has 4 aromatic rings. The van der Waals surface area contributed by atoms with Crippen LogP contribution in [0.2, 0.25) is 0 Å². The van der Waals surface area contributed by atoms with E-state index in [-0.39, 0.29) is 5.91 Å². The number of carbonyl (C=O) groups excluding carboxylic acids is 1. The van der Waals surface area contributed by atoms with Crippen LogP contribution in [0.5, 0.6) is 5.75 Å². The van der Waals surface area contributed by atoms with Gasteiger partial charge in [0.2, 0.25) is 0 Å². The lowest BCUT2D eigenvalue weighted by Crippen LogP contribution is -2.12. The Kier molecular flexibility index (Phi) is 4.34. The van der Waals surface area contributed by atoms with Gasteiger partial charge >= 0.3 is 0 Å². The summed E-state index contributed by atoms with van der Waals surface area (Å²) in [7, 11) is 1.58. The molecular weight excluding hydrogens is 338 g/mol. The molecule has 0 spiro atoms. The van der Waals surface area contributed by atoms with Crippen molar-refractivity contribution < 1.29 is 9.53 Å². The van der Waals surface area contributed by atoms with Crippen LogP contribution in [-0.2, 0) is 0 Å². The van der Waals surface area contributed by atoms with Gasteiger partial charge in [-0.3, -0.25) is 4.79 Å². The molecule has 0 aliphatic heterocycles. The molecule has 0 bridgehead atoms. The number of hydrogen-bond donors (Lipinski definition) is 1. The number of aryl methyl sites for hydroxylation is 1. The second-order valence-electron chi connectivity index (χ2n) is 6.28. The average Bonchev–Trinajstić information content (AvgIpc) is 3.14. The molecule has 2 aromatic carbocycles. The zero-order valence-corrected chi connectivity index (χ0v) is 15.1. The maximum absolute atomic E-state index is 12.5. The number of ether oxygens (including phenoxy) is 1. The van der Waals surface area contributed by atoms with E-state index >= 15 is 0 Å². The third-order valence-electron chi connectivity index (χ3n) is 4.46. The Labute approximate surface area is 157 Å². The van der Waals surface area contributed by atoms with E-state index in [1.807, 2.05) is 72.2 Å². The zero-order valence-electron chi connectivity index (χ0n) is 15.1. The molecular formula is C22H19N3O2. The van der Waals surface area contributed by atoms with Crippen LogP contribution in [-0.4, -0.2) is 22.4 Å². The molecule has 0 atom stereocenters. The van der Waals surface area contributed by atoms with Crippen molar-refractivity contribution in [2.24, 2.45) is 0 Å². The lowest BCUT2D eigenvalue weighted by atomic mass is 10.1. The van der Waals surface area contributed by atoms with Gasteiger partial charge in [-0.2, -0.15) is 0 Å². The molecule has 5 nitrogen and oxygen atoms in total. The van der Waals surface area contributed by atoms with Gasteiger partial charge in [-0.05, 0) is 48.9 Å². The van der Waals surface area contributed by atoms with E-state index in [2.05, 4.69) is 5.32 Å². The standard InChI is InChI=1S/C22H19N3O2/c1-15-7-6-12-25-14-19(23-21(15)25)17-10-11-20(27-2)18(13-17)24-22(26)16-8-4-3-5-9-16/h3-14H,1-2H3,(H,24,26). The van der Waals surface area contributed by atoms with E-state index in [0.717, 1.165) is 22.5 Å². The predicted octanol–water partition coefficient (Wildman–Crippen LogP) is 4.57. The first-order valence-corrected chi connectivity index (χ1v) is 8.65. The van der Waals surface area contributed by atoms with Crippen molar-refractivity contribution >= 4 is 17.2 Å². The number of methoxy groups -OCH3 is 1. The van der Waals surface area contributed by atoms with Crippen LogP contribution < -0.4 is 10.1 Å².